The third-order valence-electron chi connectivity index (χ3n) is 5.15. The Morgan fingerprint density at radius 2 is 1.94 bits per heavy atom. The van der Waals surface area contributed by atoms with Crippen LogP contribution < -0.4 is 5.32 Å². The molecule has 176 valence electrons. The first-order valence-corrected chi connectivity index (χ1v) is 12.1. The zero-order chi connectivity index (χ0) is 24.1. The highest BCUT2D eigenvalue weighted by molar-refractivity contribution is 9.11. The first kappa shape index (κ1) is 24.6. The highest BCUT2D eigenvalue weighted by atomic mass is 79.9. The van der Waals surface area contributed by atoms with E-state index in [9.17, 15) is 18.0 Å². The van der Waals surface area contributed by atoms with Crippen molar-refractivity contribution in [1.82, 2.24) is 19.6 Å². The molecule has 1 saturated carbocycles. The summed E-state index contributed by atoms with van der Waals surface area (Å²) in [5.74, 6) is -0.362. The second kappa shape index (κ2) is 9.24. The molecule has 0 aliphatic heterocycles. The molecule has 4 rings (SSSR count). The third kappa shape index (κ3) is 5.26. The van der Waals surface area contributed by atoms with Crippen molar-refractivity contribution < 1.29 is 18.0 Å². The summed E-state index contributed by atoms with van der Waals surface area (Å²) in [5, 5.41) is 11.6. The summed E-state index contributed by atoms with van der Waals surface area (Å²) < 4.78 is 43.3. The van der Waals surface area contributed by atoms with Crippen LogP contribution in [0.2, 0.25) is 10.0 Å². The van der Waals surface area contributed by atoms with Gasteiger partial charge in [-0.15, -0.1) is 0 Å². The van der Waals surface area contributed by atoms with Crippen LogP contribution in [0.25, 0.3) is 0 Å². The Bertz CT molecular complexity index is 1220. The number of alkyl halides is 3. The maximum Gasteiger partial charge on any atom is 0.436 e. The summed E-state index contributed by atoms with van der Waals surface area (Å²) in [6, 6.07) is 4.21. The molecule has 0 bridgehead atoms. The van der Waals surface area contributed by atoms with E-state index in [1.165, 1.54) is 6.92 Å². The molecule has 1 atom stereocenters. The molecule has 3 aromatic rings. The van der Waals surface area contributed by atoms with Crippen LogP contribution in [0.15, 0.2) is 33.3 Å². The summed E-state index contributed by atoms with van der Waals surface area (Å²) in [5.41, 5.74) is 0.200. The van der Waals surface area contributed by atoms with Crippen LogP contribution >= 0.6 is 55.1 Å². The molecule has 1 aromatic carbocycles. The van der Waals surface area contributed by atoms with Gasteiger partial charge < -0.3 is 5.32 Å². The van der Waals surface area contributed by atoms with E-state index in [4.69, 9.17) is 23.2 Å². The molecule has 0 spiro atoms. The van der Waals surface area contributed by atoms with Crippen LogP contribution in [-0.4, -0.2) is 25.5 Å². The van der Waals surface area contributed by atoms with Crippen molar-refractivity contribution >= 4 is 66.8 Å². The summed E-state index contributed by atoms with van der Waals surface area (Å²) in [6.45, 7) is 1.87. The molecule has 0 saturated heterocycles. The number of hydrogen-bond donors (Lipinski definition) is 1. The first-order valence-electron chi connectivity index (χ1n) is 9.78. The van der Waals surface area contributed by atoms with E-state index in [-0.39, 0.29) is 16.2 Å². The average Bonchev–Trinajstić information content (AvgIpc) is 3.42. The minimum Gasteiger partial charge on any atom is -0.306 e. The Kier molecular flexibility index (Phi) is 6.88. The number of nitrogens with one attached hydrogen (secondary N) is 1. The van der Waals surface area contributed by atoms with E-state index < -0.39 is 23.8 Å². The van der Waals surface area contributed by atoms with Crippen molar-refractivity contribution in [2.75, 3.05) is 5.32 Å². The standard InChI is InChI=1S/C20H16Br2Cl2F3N5O/c1-9(32-16(11-3-4-11)15(22)17(29-32)20(25,26)27)19(33)28-18-12(21)8-31(30-18)7-10-2-5-13(23)14(24)6-10/h2,5-6,8-9,11H,3-4,7H2,1H3,(H,28,30,33). The number of carbonyl (C=O) groups excluding carboxylic acids is 1. The Labute approximate surface area is 213 Å². The Hall–Kier alpha value is -1.56. The quantitative estimate of drug-likeness (QED) is 0.318. The van der Waals surface area contributed by atoms with Gasteiger partial charge in [-0.1, -0.05) is 29.3 Å². The van der Waals surface area contributed by atoms with E-state index >= 15 is 0 Å². The fourth-order valence-electron chi connectivity index (χ4n) is 3.35. The molecule has 13 heteroatoms. The SMILES string of the molecule is CC(C(=O)Nc1nn(Cc2ccc(Cl)c(Cl)c2)cc1Br)n1nc(C(F)(F)F)c(Br)c1C1CC1. The smallest absolute Gasteiger partial charge is 0.306 e. The Morgan fingerprint density at radius 3 is 2.55 bits per heavy atom. The van der Waals surface area contributed by atoms with Gasteiger partial charge in [0, 0.05) is 12.1 Å². The largest absolute Gasteiger partial charge is 0.436 e. The van der Waals surface area contributed by atoms with E-state index in [1.54, 1.807) is 29.1 Å². The first-order chi connectivity index (χ1) is 15.5. The van der Waals surface area contributed by atoms with Crippen molar-refractivity contribution in [1.29, 1.82) is 0 Å². The topological polar surface area (TPSA) is 64.7 Å². The molecule has 6 nitrogen and oxygen atoms in total. The van der Waals surface area contributed by atoms with Crippen LogP contribution in [0.1, 0.15) is 48.7 Å². The second-order valence-corrected chi connectivity index (χ2v) is 10.2. The molecule has 33 heavy (non-hydrogen) atoms. The van der Waals surface area contributed by atoms with Gasteiger partial charge in [-0.25, -0.2) is 0 Å². The Morgan fingerprint density at radius 1 is 1.24 bits per heavy atom. The van der Waals surface area contributed by atoms with Gasteiger partial charge in [0.05, 0.1) is 31.2 Å². The number of aromatic nitrogens is 4. The molecule has 2 aromatic heterocycles. The zero-order valence-corrected chi connectivity index (χ0v) is 21.6. The zero-order valence-electron chi connectivity index (χ0n) is 16.9. The van der Waals surface area contributed by atoms with Crippen LogP contribution in [0.3, 0.4) is 0 Å². The van der Waals surface area contributed by atoms with Crippen molar-refractivity contribution in [2.24, 2.45) is 0 Å². The fourth-order valence-corrected chi connectivity index (χ4v) is 4.89. The lowest BCUT2D eigenvalue weighted by molar-refractivity contribution is -0.142. The summed E-state index contributed by atoms with van der Waals surface area (Å²) in [6.07, 6.45) is -1.46. The monoisotopic (exact) mass is 627 g/mol. The Balaban J connectivity index is 1.54. The number of halogens is 7. The molecule has 1 aliphatic rings. The minimum absolute atomic E-state index is 0.0598. The van der Waals surface area contributed by atoms with Crippen molar-refractivity contribution in [3.63, 3.8) is 0 Å². The van der Waals surface area contributed by atoms with Crippen LogP contribution in [0, 0.1) is 0 Å². The average molecular weight is 630 g/mol. The lowest BCUT2D eigenvalue weighted by Crippen LogP contribution is -2.26. The van der Waals surface area contributed by atoms with E-state index in [1.807, 2.05) is 0 Å². The number of amides is 1. The van der Waals surface area contributed by atoms with E-state index in [0.717, 1.165) is 23.1 Å². The van der Waals surface area contributed by atoms with Gasteiger partial charge in [-0.05, 0) is 69.3 Å². The van der Waals surface area contributed by atoms with Crippen molar-refractivity contribution in [2.45, 2.75) is 44.4 Å². The minimum atomic E-state index is -4.63. The number of nitrogens with zero attached hydrogens (tertiary/aromatic N) is 4. The third-order valence-corrected chi connectivity index (χ3v) is 7.25. The number of rotatable bonds is 6. The normalized spacial score (nSPS) is 15.0. The lowest BCUT2D eigenvalue weighted by atomic mass is 10.2. The number of carbonyl (C=O) groups is 1. The maximum absolute atomic E-state index is 13.4. The fraction of sp³-hybridized carbons (Fsp3) is 0.350. The molecule has 1 aliphatic carbocycles. The summed E-state index contributed by atoms with van der Waals surface area (Å²) >= 11 is 18.4. The molecule has 0 radical (unpaired) electrons. The van der Waals surface area contributed by atoms with E-state index in [2.05, 4.69) is 47.4 Å². The summed E-state index contributed by atoms with van der Waals surface area (Å²) in [4.78, 5) is 12.9. The highest BCUT2D eigenvalue weighted by Gasteiger charge is 2.43. The molecule has 1 unspecified atom stereocenters. The van der Waals surface area contributed by atoms with Crippen molar-refractivity contribution in [3.05, 3.63) is 60.3 Å². The number of anilines is 1. The predicted molar refractivity (Wildman–Crippen MR) is 126 cm³/mol. The van der Waals surface area contributed by atoms with Gasteiger partial charge in [0.25, 0.3) is 0 Å². The van der Waals surface area contributed by atoms with Crippen LogP contribution in [0.5, 0.6) is 0 Å². The number of hydrogen-bond acceptors (Lipinski definition) is 3. The van der Waals surface area contributed by atoms with E-state index in [0.29, 0.717) is 26.8 Å². The maximum atomic E-state index is 13.4. The molecule has 1 amide bonds. The van der Waals surface area contributed by atoms with Gasteiger partial charge in [0.15, 0.2) is 11.5 Å². The van der Waals surface area contributed by atoms with Crippen LogP contribution in [-0.2, 0) is 17.5 Å². The molecular formula is C20H16Br2Cl2F3N5O. The lowest BCUT2D eigenvalue weighted by Gasteiger charge is -2.15. The van der Waals surface area contributed by atoms with Gasteiger partial charge in [-0.2, -0.15) is 23.4 Å². The van der Waals surface area contributed by atoms with Gasteiger partial charge in [0.2, 0.25) is 5.91 Å². The van der Waals surface area contributed by atoms with Crippen LogP contribution in [0.4, 0.5) is 19.0 Å². The number of benzene rings is 1. The summed E-state index contributed by atoms with van der Waals surface area (Å²) in [7, 11) is 0. The van der Waals surface area contributed by atoms with Gasteiger partial charge >= 0.3 is 6.18 Å². The highest BCUT2D eigenvalue weighted by Crippen LogP contribution is 2.47. The molecule has 1 fully saturated rings. The molecule has 1 N–H and O–H groups in total. The van der Waals surface area contributed by atoms with Gasteiger partial charge in [0.1, 0.15) is 6.04 Å². The second-order valence-electron chi connectivity index (χ2n) is 7.70. The molecular weight excluding hydrogens is 614 g/mol. The molecule has 2 heterocycles. The predicted octanol–water partition coefficient (Wildman–Crippen LogP) is 7.06. The van der Waals surface area contributed by atoms with Crippen molar-refractivity contribution in [3.8, 4) is 0 Å². The van der Waals surface area contributed by atoms with Gasteiger partial charge in [-0.3, -0.25) is 14.2 Å².